The molecule has 0 radical (unpaired) electrons. The number of ether oxygens (including phenoxy) is 2. The van der Waals surface area contributed by atoms with Crippen molar-refractivity contribution in [2.75, 3.05) is 39.4 Å². The van der Waals surface area contributed by atoms with Crippen LogP contribution in [0.2, 0.25) is 0 Å². The van der Waals surface area contributed by atoms with Gasteiger partial charge in [-0.1, -0.05) is 252 Å². The van der Waals surface area contributed by atoms with Crippen LogP contribution in [-0.4, -0.2) is 145 Å². The molecule has 0 aliphatic carbocycles. The van der Waals surface area contributed by atoms with E-state index in [0.717, 1.165) is 64.2 Å². The molecular weight excluding hydrogens is 1330 g/mol. The number of aliphatic hydroxyl groups is 1. The standard InChI is InChI=1S/C82H158N10O13/c1-4-7-10-13-16-19-22-25-28-31-34-37-40-58-74(94)87-68(57-51-52-67(105-76(96)60-42-39-36-33-30-27-24-21-18-15-12-9-6-3)66-104-75(95)59-41-38-35-32-29-26-23-20-17-14-11-8-5-2)77(97)92-73(65-93)81(101)90-70(54-44-48-62-84)79(99)88-69(53-43-47-61-83)78(98)89-71(55-45-49-63-85)80(100)91-72(82(102)103)56-46-50-64-86/h67-73,93H,4-66,83-86H2,1-3H3,(H,87,94)(H,88,99)(H,89,98)(H,90,101)(H,91,100)(H,92,97)(H,102,103)/t67-,68-,69-,70-,71-,72-,73-/m0/s1. The van der Waals surface area contributed by atoms with Crippen LogP contribution in [0.4, 0.5) is 0 Å². The van der Waals surface area contributed by atoms with Gasteiger partial charge in [0.1, 0.15) is 49.0 Å². The normalized spacial score (nSPS) is 13.4. The Kier molecular flexibility index (Phi) is 69.7. The van der Waals surface area contributed by atoms with Crippen molar-refractivity contribution < 1.29 is 62.8 Å². The minimum absolute atomic E-state index is 0.0257. The number of esters is 2. The molecule has 23 nitrogen and oxygen atoms in total. The molecule has 0 spiro atoms. The van der Waals surface area contributed by atoms with Crippen LogP contribution in [0.1, 0.15) is 387 Å². The second kappa shape index (κ2) is 73.2. The van der Waals surface area contributed by atoms with E-state index in [1.807, 2.05) is 0 Å². The summed E-state index contributed by atoms with van der Waals surface area (Å²) < 4.78 is 11.8. The molecule has 0 fully saturated rings. The van der Waals surface area contributed by atoms with Crippen molar-refractivity contribution in [3.05, 3.63) is 0 Å². The van der Waals surface area contributed by atoms with Crippen LogP contribution in [0.3, 0.4) is 0 Å². The molecule has 0 unspecified atom stereocenters. The zero-order valence-electron chi connectivity index (χ0n) is 66.8. The molecule has 23 heteroatoms. The van der Waals surface area contributed by atoms with Crippen molar-refractivity contribution in [3.63, 3.8) is 0 Å². The number of hydrogen-bond acceptors (Lipinski definition) is 16. The maximum atomic E-state index is 14.5. The lowest BCUT2D eigenvalue weighted by Crippen LogP contribution is -2.60. The molecule has 0 aliphatic rings. The van der Waals surface area contributed by atoms with Crippen molar-refractivity contribution >= 4 is 53.4 Å². The van der Waals surface area contributed by atoms with Crippen molar-refractivity contribution in [1.29, 1.82) is 0 Å². The van der Waals surface area contributed by atoms with E-state index in [9.17, 15) is 53.4 Å². The lowest BCUT2D eigenvalue weighted by atomic mass is 10.0. The summed E-state index contributed by atoms with van der Waals surface area (Å²) in [7, 11) is 0. The smallest absolute Gasteiger partial charge is 0.326 e. The Hall–Kier alpha value is -4.97. The van der Waals surface area contributed by atoms with E-state index in [2.05, 4.69) is 52.7 Å². The third kappa shape index (κ3) is 59.6. The van der Waals surface area contributed by atoms with Crippen molar-refractivity contribution in [3.8, 4) is 0 Å². The quantitative estimate of drug-likeness (QED) is 0.0199. The van der Waals surface area contributed by atoms with Crippen LogP contribution in [-0.2, 0) is 52.6 Å². The SMILES string of the molecule is CCCCCCCCCCCCCCCC(=O)N[C@@H](CCC[C@@H](COC(=O)CCCCCCCCCCCCCCC)OC(=O)CCCCCCCCCCCCCCC)C(=O)N[C@@H](CO)C(=O)N[C@@H](CCCCN)C(=O)N[C@@H](CCCCN)C(=O)N[C@@H](CCCCN)C(=O)N[C@@H](CCCCN)C(=O)O. The first-order chi connectivity index (χ1) is 51.0. The second-order valence-electron chi connectivity index (χ2n) is 29.8. The molecule has 6 amide bonds. The van der Waals surface area contributed by atoms with Crippen molar-refractivity contribution in [2.45, 2.75) is 429 Å². The Bertz CT molecular complexity index is 2170. The highest BCUT2D eigenvalue weighted by atomic mass is 16.6. The first-order valence-corrected chi connectivity index (χ1v) is 42.9. The van der Waals surface area contributed by atoms with Gasteiger partial charge in [0.2, 0.25) is 35.4 Å². The van der Waals surface area contributed by atoms with Crippen LogP contribution < -0.4 is 54.8 Å². The summed E-state index contributed by atoms with van der Waals surface area (Å²) >= 11 is 0. The highest BCUT2D eigenvalue weighted by Gasteiger charge is 2.34. The zero-order valence-corrected chi connectivity index (χ0v) is 66.8. The highest BCUT2D eigenvalue weighted by molar-refractivity contribution is 5.97. The third-order valence-corrected chi connectivity index (χ3v) is 20.0. The van der Waals surface area contributed by atoms with E-state index in [4.69, 9.17) is 32.4 Å². The monoisotopic (exact) mass is 1490 g/mol. The van der Waals surface area contributed by atoms with Gasteiger partial charge in [0.15, 0.2) is 0 Å². The number of carboxylic acids is 1. The Labute approximate surface area is 636 Å². The largest absolute Gasteiger partial charge is 0.480 e. The number of nitrogens with one attached hydrogen (secondary N) is 6. The molecule has 0 bridgehead atoms. The highest BCUT2D eigenvalue weighted by Crippen LogP contribution is 2.20. The molecule has 7 atom stereocenters. The topological polar surface area (TPSA) is 389 Å². The molecule has 0 heterocycles. The Morgan fingerprint density at radius 3 is 0.857 bits per heavy atom. The maximum Gasteiger partial charge on any atom is 0.326 e. The number of aliphatic hydroxyl groups excluding tert-OH is 1. The number of aliphatic carboxylic acids is 1. The third-order valence-electron chi connectivity index (χ3n) is 20.0. The van der Waals surface area contributed by atoms with E-state index in [0.29, 0.717) is 83.7 Å². The predicted molar refractivity (Wildman–Crippen MR) is 424 cm³/mol. The van der Waals surface area contributed by atoms with Crippen LogP contribution in [0.5, 0.6) is 0 Å². The first kappa shape index (κ1) is 100. The van der Waals surface area contributed by atoms with Gasteiger partial charge in [0, 0.05) is 19.3 Å². The van der Waals surface area contributed by atoms with E-state index < -0.39 is 90.4 Å². The summed E-state index contributed by atoms with van der Waals surface area (Å²) in [5.74, 6) is -6.32. The van der Waals surface area contributed by atoms with Gasteiger partial charge in [-0.05, 0) is 142 Å². The molecule has 0 aromatic rings. The number of rotatable bonds is 78. The van der Waals surface area contributed by atoms with Gasteiger partial charge in [0.25, 0.3) is 0 Å². The molecule has 614 valence electrons. The van der Waals surface area contributed by atoms with Gasteiger partial charge < -0.3 is 74.5 Å². The Balaban J connectivity index is 6.62. The molecule has 0 aliphatic heterocycles. The van der Waals surface area contributed by atoms with Gasteiger partial charge in [0.05, 0.1) is 6.61 Å². The minimum atomic E-state index is -1.61. The molecular formula is C82H158N10O13. The summed E-state index contributed by atoms with van der Waals surface area (Å²) in [4.78, 5) is 124. The van der Waals surface area contributed by atoms with Crippen molar-refractivity contribution in [1.82, 2.24) is 31.9 Å². The number of hydrogen-bond donors (Lipinski definition) is 12. The van der Waals surface area contributed by atoms with Gasteiger partial charge in [-0.15, -0.1) is 0 Å². The number of carbonyl (C=O) groups excluding carboxylic acids is 8. The fraction of sp³-hybridized carbons (Fsp3) is 0.890. The second-order valence-corrected chi connectivity index (χ2v) is 29.8. The molecule has 16 N–H and O–H groups in total. The van der Waals surface area contributed by atoms with Gasteiger partial charge >= 0.3 is 17.9 Å². The van der Waals surface area contributed by atoms with Gasteiger partial charge in [-0.3, -0.25) is 38.4 Å². The van der Waals surface area contributed by atoms with E-state index in [1.54, 1.807) is 0 Å². The van der Waals surface area contributed by atoms with Crippen LogP contribution in [0.15, 0.2) is 0 Å². The lowest BCUT2D eigenvalue weighted by Gasteiger charge is -2.27. The number of carboxylic acid groups (broad SMARTS) is 1. The number of nitrogens with two attached hydrogens (primary N) is 4. The van der Waals surface area contributed by atoms with Gasteiger partial charge in [-0.2, -0.15) is 0 Å². The van der Waals surface area contributed by atoms with E-state index >= 15 is 0 Å². The minimum Gasteiger partial charge on any atom is -0.480 e. The van der Waals surface area contributed by atoms with Crippen LogP contribution in [0.25, 0.3) is 0 Å². The molecule has 0 rings (SSSR count). The number of carbonyl (C=O) groups is 9. The zero-order chi connectivity index (χ0) is 77.4. The number of amides is 6. The van der Waals surface area contributed by atoms with Crippen LogP contribution in [0, 0.1) is 0 Å². The van der Waals surface area contributed by atoms with Crippen LogP contribution >= 0.6 is 0 Å². The molecule has 0 saturated heterocycles. The molecule has 0 aromatic carbocycles. The van der Waals surface area contributed by atoms with Gasteiger partial charge in [-0.25, -0.2) is 4.79 Å². The molecule has 105 heavy (non-hydrogen) atoms. The summed E-state index contributed by atoms with van der Waals surface area (Å²) in [6.45, 7) is 6.84. The fourth-order valence-corrected chi connectivity index (χ4v) is 13.2. The van der Waals surface area contributed by atoms with Crippen molar-refractivity contribution in [2.24, 2.45) is 22.9 Å². The summed E-state index contributed by atoms with van der Waals surface area (Å²) in [6, 6.07) is -7.81. The lowest BCUT2D eigenvalue weighted by molar-refractivity contribution is -0.159. The Morgan fingerprint density at radius 2 is 0.543 bits per heavy atom. The first-order valence-electron chi connectivity index (χ1n) is 42.9. The average molecular weight is 1490 g/mol. The predicted octanol–water partition coefficient (Wildman–Crippen LogP) is 13.6. The van der Waals surface area contributed by atoms with E-state index in [-0.39, 0.29) is 95.8 Å². The maximum absolute atomic E-state index is 14.5. The summed E-state index contributed by atoms with van der Waals surface area (Å²) in [6.07, 6.45) is 49.3. The summed E-state index contributed by atoms with van der Waals surface area (Å²) in [5.41, 5.74) is 23.1. The average Bonchev–Trinajstić information content (AvgIpc) is 0.864. The number of unbranched alkanes of at least 4 members (excludes halogenated alkanes) is 40. The fourth-order valence-electron chi connectivity index (χ4n) is 13.2. The summed E-state index contributed by atoms with van der Waals surface area (Å²) in [5, 5.41) is 37.0. The molecule has 0 saturated carbocycles. The van der Waals surface area contributed by atoms with E-state index in [1.165, 1.54) is 167 Å². The Morgan fingerprint density at radius 1 is 0.286 bits per heavy atom. The molecule has 0 aromatic heterocycles.